The van der Waals surface area contributed by atoms with Crippen molar-refractivity contribution in [2.45, 2.75) is 65.4 Å². The Morgan fingerprint density at radius 2 is 1.90 bits per heavy atom. The SMILES string of the molecule is CC[C@H](C)Nc1nc(C(C)C)cc(N2CCc3cc(OC(F)(F)F)ccc3C2)n1. The van der Waals surface area contributed by atoms with E-state index >= 15 is 0 Å². The van der Waals surface area contributed by atoms with Crippen LogP contribution in [0.5, 0.6) is 5.75 Å². The highest BCUT2D eigenvalue weighted by atomic mass is 19.4. The molecule has 0 aliphatic carbocycles. The van der Waals surface area contributed by atoms with E-state index in [1.165, 1.54) is 12.1 Å². The van der Waals surface area contributed by atoms with E-state index in [1.807, 2.05) is 6.07 Å². The van der Waals surface area contributed by atoms with Crippen molar-refractivity contribution in [3.63, 3.8) is 0 Å². The number of halogens is 3. The lowest BCUT2D eigenvalue weighted by molar-refractivity contribution is -0.274. The van der Waals surface area contributed by atoms with Gasteiger partial charge >= 0.3 is 6.36 Å². The Morgan fingerprint density at radius 1 is 1.14 bits per heavy atom. The zero-order chi connectivity index (χ0) is 21.2. The van der Waals surface area contributed by atoms with Crippen LogP contribution in [0.15, 0.2) is 24.3 Å². The number of aromatic nitrogens is 2. The predicted octanol–water partition coefficient (Wildman–Crippen LogP) is 5.27. The molecule has 0 amide bonds. The summed E-state index contributed by atoms with van der Waals surface area (Å²) in [5.74, 6) is 1.53. The van der Waals surface area contributed by atoms with Crippen LogP contribution in [-0.2, 0) is 13.0 Å². The average molecular weight is 408 g/mol. The molecule has 0 saturated heterocycles. The maximum Gasteiger partial charge on any atom is 0.573 e. The zero-order valence-corrected chi connectivity index (χ0v) is 17.2. The monoisotopic (exact) mass is 408 g/mol. The molecule has 1 aromatic heterocycles. The van der Waals surface area contributed by atoms with Gasteiger partial charge in [-0.25, -0.2) is 4.98 Å². The Labute approximate surface area is 169 Å². The van der Waals surface area contributed by atoms with E-state index in [1.54, 1.807) is 6.07 Å². The summed E-state index contributed by atoms with van der Waals surface area (Å²) in [7, 11) is 0. The summed E-state index contributed by atoms with van der Waals surface area (Å²) >= 11 is 0. The standard InChI is InChI=1S/C21H27F3N4O/c1-5-14(4)25-20-26-18(13(2)3)11-19(27-20)28-9-8-15-10-17(29-21(22,23)24)7-6-16(15)12-28/h6-7,10-11,13-14H,5,8-9,12H2,1-4H3,(H,25,26,27)/t14-/m0/s1. The van der Waals surface area contributed by atoms with Crippen LogP contribution in [0.4, 0.5) is 24.9 Å². The van der Waals surface area contributed by atoms with Crippen LogP contribution in [0.2, 0.25) is 0 Å². The van der Waals surface area contributed by atoms with Crippen molar-refractivity contribution in [2.75, 3.05) is 16.8 Å². The topological polar surface area (TPSA) is 50.3 Å². The Kier molecular flexibility index (Phi) is 6.19. The summed E-state index contributed by atoms with van der Waals surface area (Å²) < 4.78 is 41.4. The normalized spacial score (nSPS) is 15.2. The van der Waals surface area contributed by atoms with E-state index in [4.69, 9.17) is 4.98 Å². The molecule has 1 aromatic carbocycles. The lowest BCUT2D eigenvalue weighted by Crippen LogP contribution is -2.31. The molecule has 2 heterocycles. The molecule has 29 heavy (non-hydrogen) atoms. The molecule has 1 aliphatic heterocycles. The molecule has 1 N–H and O–H groups in total. The molecular weight excluding hydrogens is 381 g/mol. The van der Waals surface area contributed by atoms with E-state index in [9.17, 15) is 13.2 Å². The summed E-state index contributed by atoms with van der Waals surface area (Å²) in [4.78, 5) is 11.5. The van der Waals surface area contributed by atoms with Gasteiger partial charge in [-0.05, 0) is 48.9 Å². The van der Waals surface area contributed by atoms with E-state index < -0.39 is 6.36 Å². The zero-order valence-electron chi connectivity index (χ0n) is 17.2. The number of benzene rings is 1. The quantitative estimate of drug-likeness (QED) is 0.706. The number of ether oxygens (including phenoxy) is 1. The lowest BCUT2D eigenvalue weighted by Gasteiger charge is -2.31. The average Bonchev–Trinajstić information content (AvgIpc) is 2.65. The smallest absolute Gasteiger partial charge is 0.406 e. The molecule has 0 unspecified atom stereocenters. The summed E-state index contributed by atoms with van der Waals surface area (Å²) in [6.45, 7) is 9.62. The lowest BCUT2D eigenvalue weighted by atomic mass is 9.99. The third-order valence-corrected chi connectivity index (χ3v) is 5.06. The van der Waals surface area contributed by atoms with Gasteiger partial charge in [0.15, 0.2) is 0 Å². The van der Waals surface area contributed by atoms with Gasteiger partial charge in [0.2, 0.25) is 5.95 Å². The van der Waals surface area contributed by atoms with Crippen LogP contribution in [-0.4, -0.2) is 28.9 Å². The first-order valence-corrected chi connectivity index (χ1v) is 9.92. The van der Waals surface area contributed by atoms with E-state index in [0.717, 1.165) is 29.1 Å². The van der Waals surface area contributed by atoms with Crippen molar-refractivity contribution in [1.29, 1.82) is 0 Å². The van der Waals surface area contributed by atoms with Crippen LogP contribution >= 0.6 is 0 Å². The van der Waals surface area contributed by atoms with Crippen LogP contribution in [0.3, 0.4) is 0 Å². The molecule has 5 nitrogen and oxygen atoms in total. The second-order valence-electron chi connectivity index (χ2n) is 7.73. The van der Waals surface area contributed by atoms with Gasteiger partial charge in [-0.15, -0.1) is 13.2 Å². The van der Waals surface area contributed by atoms with Crippen LogP contribution in [0.25, 0.3) is 0 Å². The molecule has 0 fully saturated rings. The number of anilines is 2. The Bertz CT molecular complexity index is 854. The predicted molar refractivity (Wildman–Crippen MR) is 107 cm³/mol. The number of fused-ring (bicyclic) bond motifs is 1. The largest absolute Gasteiger partial charge is 0.573 e. The molecule has 2 aromatic rings. The van der Waals surface area contributed by atoms with E-state index in [0.29, 0.717) is 25.5 Å². The first-order chi connectivity index (χ1) is 13.6. The van der Waals surface area contributed by atoms with Gasteiger partial charge in [-0.3, -0.25) is 0 Å². The Balaban J connectivity index is 1.83. The van der Waals surface area contributed by atoms with Crippen LogP contribution < -0.4 is 15.0 Å². The summed E-state index contributed by atoms with van der Waals surface area (Å²) in [5.41, 5.74) is 2.81. The van der Waals surface area contributed by atoms with Gasteiger partial charge in [-0.2, -0.15) is 4.98 Å². The second kappa shape index (κ2) is 8.47. The minimum Gasteiger partial charge on any atom is -0.406 e. The molecule has 0 bridgehead atoms. The molecule has 8 heteroatoms. The van der Waals surface area contributed by atoms with Gasteiger partial charge in [-0.1, -0.05) is 26.8 Å². The minimum atomic E-state index is -4.68. The van der Waals surface area contributed by atoms with Crippen molar-refractivity contribution >= 4 is 11.8 Å². The van der Waals surface area contributed by atoms with Crippen molar-refractivity contribution in [1.82, 2.24) is 9.97 Å². The van der Waals surface area contributed by atoms with Crippen LogP contribution in [0.1, 0.15) is 56.9 Å². The first-order valence-electron chi connectivity index (χ1n) is 9.92. The summed E-state index contributed by atoms with van der Waals surface area (Å²) in [6.07, 6.45) is -3.09. The molecule has 0 radical (unpaired) electrons. The molecule has 0 spiro atoms. The highest BCUT2D eigenvalue weighted by Crippen LogP contribution is 2.30. The highest BCUT2D eigenvalue weighted by Gasteiger charge is 2.31. The fourth-order valence-electron chi connectivity index (χ4n) is 3.22. The van der Waals surface area contributed by atoms with Gasteiger partial charge in [0.1, 0.15) is 11.6 Å². The summed E-state index contributed by atoms with van der Waals surface area (Å²) in [5, 5.41) is 3.34. The Hall–Kier alpha value is -2.51. The molecule has 1 aliphatic rings. The minimum absolute atomic E-state index is 0.172. The number of nitrogens with one attached hydrogen (secondary N) is 1. The summed E-state index contributed by atoms with van der Waals surface area (Å²) in [6, 6.07) is 6.81. The number of rotatable bonds is 6. The van der Waals surface area contributed by atoms with Gasteiger partial charge in [0.25, 0.3) is 0 Å². The number of hydrogen-bond donors (Lipinski definition) is 1. The number of nitrogens with zero attached hydrogens (tertiary/aromatic N) is 3. The molecule has 3 rings (SSSR count). The maximum atomic E-state index is 12.5. The molecule has 1 atom stereocenters. The number of hydrogen-bond acceptors (Lipinski definition) is 5. The third kappa shape index (κ3) is 5.52. The number of alkyl halides is 3. The van der Waals surface area contributed by atoms with Crippen molar-refractivity contribution < 1.29 is 17.9 Å². The van der Waals surface area contributed by atoms with Crippen LogP contribution in [0, 0.1) is 0 Å². The molecule has 158 valence electrons. The highest BCUT2D eigenvalue weighted by molar-refractivity contribution is 5.49. The fourth-order valence-corrected chi connectivity index (χ4v) is 3.22. The molecular formula is C21H27F3N4O. The van der Waals surface area contributed by atoms with Crippen molar-refractivity contribution in [3.05, 3.63) is 41.1 Å². The Morgan fingerprint density at radius 3 is 2.55 bits per heavy atom. The molecule has 0 saturated carbocycles. The van der Waals surface area contributed by atoms with Gasteiger partial charge < -0.3 is 15.0 Å². The van der Waals surface area contributed by atoms with E-state index in [-0.39, 0.29) is 17.7 Å². The van der Waals surface area contributed by atoms with Gasteiger partial charge in [0.05, 0.1) is 5.69 Å². The third-order valence-electron chi connectivity index (χ3n) is 5.06. The maximum absolute atomic E-state index is 12.5. The van der Waals surface area contributed by atoms with Crippen molar-refractivity contribution in [3.8, 4) is 5.75 Å². The van der Waals surface area contributed by atoms with Gasteiger partial charge in [0, 0.05) is 25.2 Å². The first kappa shape index (κ1) is 21.2. The fraction of sp³-hybridized carbons (Fsp3) is 0.524. The van der Waals surface area contributed by atoms with Crippen molar-refractivity contribution in [2.24, 2.45) is 0 Å². The van der Waals surface area contributed by atoms with E-state index in [2.05, 4.69) is 47.6 Å². The second-order valence-corrected chi connectivity index (χ2v) is 7.73.